The Morgan fingerprint density at radius 3 is 2.16 bits per heavy atom. The fraction of sp³-hybridized carbons (Fsp3) is 0.500. The van der Waals surface area contributed by atoms with Crippen LogP contribution in [0.25, 0.3) is 11.1 Å². The van der Waals surface area contributed by atoms with Gasteiger partial charge in [0.25, 0.3) is 0 Å². The Balaban J connectivity index is 1.76. The maximum atomic E-state index is 9.94. The molecule has 0 radical (unpaired) electrons. The molecule has 3 rings (SSSR count). The van der Waals surface area contributed by atoms with Crippen molar-refractivity contribution in [2.45, 2.75) is 83.7 Å². The van der Waals surface area contributed by atoms with Crippen molar-refractivity contribution in [2.24, 2.45) is 0 Å². The summed E-state index contributed by atoms with van der Waals surface area (Å²) in [7, 11) is 0. The second-order valence-corrected chi connectivity index (χ2v) is 8.67. The lowest BCUT2D eigenvalue weighted by Crippen LogP contribution is -2.22. The number of nitriles is 2. The van der Waals surface area contributed by atoms with E-state index in [1.807, 2.05) is 6.07 Å². The van der Waals surface area contributed by atoms with E-state index < -0.39 is 0 Å². The molecule has 0 N–H and O–H groups in total. The minimum Gasteiger partial charge on any atom is -0.378 e. The molecule has 31 heavy (non-hydrogen) atoms. The Labute approximate surface area is 187 Å². The average Bonchev–Trinajstić information content (AvgIpc) is 2.82. The fourth-order valence-electron chi connectivity index (χ4n) is 4.72. The van der Waals surface area contributed by atoms with Crippen molar-refractivity contribution in [2.75, 3.05) is 6.61 Å². The summed E-state index contributed by atoms with van der Waals surface area (Å²) >= 11 is 0. The van der Waals surface area contributed by atoms with Crippen LogP contribution in [0.4, 0.5) is 0 Å². The Morgan fingerprint density at radius 2 is 1.55 bits per heavy atom. The van der Waals surface area contributed by atoms with Crippen molar-refractivity contribution in [1.29, 1.82) is 10.5 Å². The molecule has 2 aromatic rings. The molecule has 1 saturated carbocycles. The summed E-state index contributed by atoms with van der Waals surface area (Å²) in [4.78, 5) is 0. The fourth-order valence-corrected chi connectivity index (χ4v) is 4.72. The van der Waals surface area contributed by atoms with Gasteiger partial charge in [0.2, 0.25) is 0 Å². The van der Waals surface area contributed by atoms with Crippen molar-refractivity contribution in [3.8, 4) is 23.3 Å². The highest BCUT2D eigenvalue weighted by Gasteiger charge is 2.26. The zero-order valence-corrected chi connectivity index (χ0v) is 19.0. The summed E-state index contributed by atoms with van der Waals surface area (Å²) in [5.74, 6) is 0.332. The van der Waals surface area contributed by atoms with Crippen LogP contribution < -0.4 is 0 Å². The Kier molecular flexibility index (Phi) is 8.69. The maximum absolute atomic E-state index is 9.94. The molecule has 0 atom stereocenters. The third-order valence-corrected chi connectivity index (χ3v) is 6.48. The molecule has 0 bridgehead atoms. The highest BCUT2D eigenvalue weighted by Crippen LogP contribution is 2.38. The topological polar surface area (TPSA) is 56.8 Å². The Morgan fingerprint density at radius 1 is 0.839 bits per heavy atom. The van der Waals surface area contributed by atoms with E-state index >= 15 is 0 Å². The second kappa shape index (κ2) is 11.7. The van der Waals surface area contributed by atoms with E-state index in [0.717, 1.165) is 68.2 Å². The largest absolute Gasteiger partial charge is 0.378 e. The van der Waals surface area contributed by atoms with Crippen LogP contribution in [-0.4, -0.2) is 12.7 Å². The zero-order valence-electron chi connectivity index (χ0n) is 19.0. The van der Waals surface area contributed by atoms with Gasteiger partial charge in [0, 0.05) is 12.2 Å². The van der Waals surface area contributed by atoms with E-state index in [9.17, 15) is 10.5 Å². The van der Waals surface area contributed by atoms with E-state index in [4.69, 9.17) is 4.74 Å². The van der Waals surface area contributed by atoms with Gasteiger partial charge >= 0.3 is 0 Å². The first-order valence-electron chi connectivity index (χ1n) is 11.9. The number of rotatable bonds is 9. The van der Waals surface area contributed by atoms with Gasteiger partial charge in [-0.3, -0.25) is 0 Å². The summed E-state index contributed by atoms with van der Waals surface area (Å²) < 4.78 is 6.06. The molecule has 162 valence electrons. The lowest BCUT2D eigenvalue weighted by molar-refractivity contribution is 0.0227. The van der Waals surface area contributed by atoms with Gasteiger partial charge in [0.15, 0.2) is 0 Å². The second-order valence-electron chi connectivity index (χ2n) is 8.67. The molecule has 0 amide bonds. The lowest BCUT2D eigenvalue weighted by Gasteiger charge is -2.29. The molecule has 0 unspecified atom stereocenters. The van der Waals surface area contributed by atoms with Gasteiger partial charge in [-0.2, -0.15) is 10.5 Å². The van der Waals surface area contributed by atoms with Crippen molar-refractivity contribution in [3.63, 3.8) is 0 Å². The van der Waals surface area contributed by atoms with Crippen molar-refractivity contribution < 1.29 is 4.74 Å². The first kappa shape index (κ1) is 23.1. The quantitative estimate of drug-likeness (QED) is 0.405. The first-order chi connectivity index (χ1) is 15.2. The molecule has 0 heterocycles. The summed E-state index contributed by atoms with van der Waals surface area (Å²) in [6, 6.07) is 17.2. The standard InChI is InChI=1S/C28H34N2O/c1-3-5-6-18-31-24-14-12-23(13-15-24)26-17-16-25(27(19-29)28(26)20-30)22-10-8-21(7-4-2)9-11-22/h8-11,16-17,23-24H,3-7,12-15,18H2,1-2H3/t23-,24-. The molecule has 3 nitrogen and oxygen atoms in total. The average molecular weight is 415 g/mol. The molecule has 0 spiro atoms. The first-order valence-corrected chi connectivity index (χ1v) is 11.9. The number of ether oxygens (including phenoxy) is 1. The highest BCUT2D eigenvalue weighted by molar-refractivity contribution is 5.75. The monoisotopic (exact) mass is 414 g/mol. The van der Waals surface area contributed by atoms with E-state index in [0.29, 0.717) is 23.1 Å². The van der Waals surface area contributed by atoms with Crippen LogP contribution in [-0.2, 0) is 11.2 Å². The maximum Gasteiger partial charge on any atom is 0.101 e. The van der Waals surface area contributed by atoms with Gasteiger partial charge in [0.05, 0.1) is 17.2 Å². The van der Waals surface area contributed by atoms with Crippen LogP contribution in [0, 0.1) is 22.7 Å². The summed E-state index contributed by atoms with van der Waals surface area (Å²) in [5.41, 5.74) is 5.28. The SMILES string of the molecule is CCCCCO[C@H]1CC[C@H](c2ccc(-c3ccc(CCC)cc3)c(C#N)c2C#N)CC1. The van der Waals surface area contributed by atoms with Crippen LogP contribution in [0.5, 0.6) is 0 Å². The molecule has 3 heteroatoms. The molecule has 0 saturated heterocycles. The molecular formula is C28H34N2O. The van der Waals surface area contributed by atoms with E-state index in [-0.39, 0.29) is 0 Å². The molecule has 0 aromatic heterocycles. The van der Waals surface area contributed by atoms with Crippen LogP contribution >= 0.6 is 0 Å². The summed E-state index contributed by atoms with van der Waals surface area (Å²) in [6.07, 6.45) is 10.2. The van der Waals surface area contributed by atoms with Crippen molar-refractivity contribution in [1.82, 2.24) is 0 Å². The predicted molar refractivity (Wildman–Crippen MR) is 126 cm³/mol. The summed E-state index contributed by atoms with van der Waals surface area (Å²) in [6.45, 7) is 5.24. The van der Waals surface area contributed by atoms with Gasteiger partial charge < -0.3 is 4.74 Å². The van der Waals surface area contributed by atoms with Crippen LogP contribution in [0.2, 0.25) is 0 Å². The lowest BCUT2D eigenvalue weighted by atomic mass is 9.79. The van der Waals surface area contributed by atoms with Crippen LogP contribution in [0.15, 0.2) is 36.4 Å². The Hall–Kier alpha value is -2.62. The molecule has 1 fully saturated rings. The van der Waals surface area contributed by atoms with Gasteiger partial charge in [0.1, 0.15) is 12.1 Å². The Bertz CT molecular complexity index is 925. The van der Waals surface area contributed by atoms with E-state index in [2.05, 4.69) is 56.3 Å². The van der Waals surface area contributed by atoms with E-state index in [1.54, 1.807) is 0 Å². The number of hydrogen-bond acceptors (Lipinski definition) is 3. The minimum absolute atomic E-state index is 0.332. The minimum atomic E-state index is 0.332. The third kappa shape index (κ3) is 5.75. The normalized spacial score (nSPS) is 18.3. The number of nitrogens with zero attached hydrogens (tertiary/aromatic N) is 2. The molecule has 2 aromatic carbocycles. The van der Waals surface area contributed by atoms with Crippen LogP contribution in [0.3, 0.4) is 0 Å². The van der Waals surface area contributed by atoms with Gasteiger partial charge in [-0.25, -0.2) is 0 Å². The predicted octanol–water partition coefficient (Wildman–Crippen LogP) is 7.28. The number of benzene rings is 2. The summed E-state index contributed by atoms with van der Waals surface area (Å²) in [5, 5.41) is 19.9. The molecular weight excluding hydrogens is 380 g/mol. The van der Waals surface area contributed by atoms with E-state index in [1.165, 1.54) is 18.4 Å². The van der Waals surface area contributed by atoms with Crippen LogP contribution in [0.1, 0.15) is 93.4 Å². The van der Waals surface area contributed by atoms with Gasteiger partial charge in [-0.05, 0) is 61.1 Å². The van der Waals surface area contributed by atoms with Crippen molar-refractivity contribution >= 4 is 0 Å². The molecule has 0 aliphatic heterocycles. The highest BCUT2D eigenvalue weighted by atomic mass is 16.5. The third-order valence-electron chi connectivity index (χ3n) is 6.48. The van der Waals surface area contributed by atoms with Gasteiger partial charge in [-0.15, -0.1) is 0 Å². The number of unbranched alkanes of at least 4 members (excludes halogenated alkanes) is 2. The number of aryl methyl sites for hydroxylation is 1. The molecule has 1 aliphatic carbocycles. The molecule has 1 aliphatic rings. The zero-order chi connectivity index (χ0) is 22.1. The smallest absolute Gasteiger partial charge is 0.101 e. The number of hydrogen-bond donors (Lipinski definition) is 0. The van der Waals surface area contributed by atoms with Crippen molar-refractivity contribution in [3.05, 3.63) is 58.7 Å². The van der Waals surface area contributed by atoms with Gasteiger partial charge in [-0.1, -0.05) is 69.5 Å².